The van der Waals surface area contributed by atoms with Gasteiger partial charge in [-0.05, 0) is 77.0 Å². The average Bonchev–Trinajstić information content (AvgIpc) is 3.82. The molecule has 0 unspecified atom stereocenters. The molecule has 0 atom stereocenters. The third-order valence-corrected chi connectivity index (χ3v) is 20.2. The fraction of sp³-hybridized carbons (Fsp3) is 1.00. The van der Waals surface area contributed by atoms with Crippen molar-refractivity contribution in [1.29, 1.82) is 0 Å². The summed E-state index contributed by atoms with van der Waals surface area (Å²) in [5.41, 5.74) is 0.309. The Bertz CT molecular complexity index is 706. The molecule has 0 amide bonds. The predicted molar refractivity (Wildman–Crippen MR) is 162 cm³/mol. The number of hydrogen-bond acceptors (Lipinski definition) is 6. The van der Waals surface area contributed by atoms with Crippen molar-refractivity contribution in [2.45, 2.75) is 188 Å². The minimum absolute atomic E-state index is 0. The van der Waals surface area contributed by atoms with Crippen molar-refractivity contribution < 1.29 is 28.4 Å². The van der Waals surface area contributed by atoms with Gasteiger partial charge in [0, 0.05) is 56.1 Å². The summed E-state index contributed by atoms with van der Waals surface area (Å²) in [6.45, 7) is 0. The molecule has 0 aliphatic heterocycles. The van der Waals surface area contributed by atoms with Crippen molar-refractivity contribution in [3.63, 3.8) is 0 Å². The van der Waals surface area contributed by atoms with Crippen LogP contribution in [0.3, 0.4) is 0 Å². The van der Waals surface area contributed by atoms with Gasteiger partial charge in [0.25, 0.3) is 0 Å². The van der Waals surface area contributed by atoms with Crippen LogP contribution in [0.5, 0.6) is 0 Å². The Labute approximate surface area is 255 Å². The van der Waals surface area contributed by atoms with Gasteiger partial charge in [0.05, 0.1) is 0 Å². The Morgan fingerprint density at radius 1 is 0.300 bits per heavy atom. The van der Waals surface area contributed by atoms with E-state index in [1.807, 2.05) is 0 Å². The summed E-state index contributed by atoms with van der Waals surface area (Å²) in [7, 11) is -9.11. The van der Waals surface area contributed by atoms with Gasteiger partial charge in [-0.25, -0.2) is 0 Å². The average molecular weight is 631 g/mol. The van der Waals surface area contributed by atoms with Crippen LogP contribution in [0.1, 0.15) is 154 Å². The van der Waals surface area contributed by atoms with Gasteiger partial charge in [-0.1, -0.05) is 77.0 Å². The molecule has 0 bridgehead atoms. The zero-order chi connectivity index (χ0) is 27.9. The molecule has 0 saturated heterocycles. The van der Waals surface area contributed by atoms with Crippen molar-refractivity contribution in [1.82, 2.24) is 0 Å². The predicted octanol–water partition coefficient (Wildman–Crippen LogP) is 7.15. The fourth-order valence-electron chi connectivity index (χ4n) is 8.48. The Morgan fingerprint density at radius 3 is 0.500 bits per heavy atom. The third-order valence-electron chi connectivity index (χ3n) is 11.0. The molecule has 0 aromatic carbocycles. The largest absolute Gasteiger partial charge is 3.00 e. The first-order valence-corrected chi connectivity index (χ1v) is 21.8. The minimum Gasteiger partial charge on any atom is -0.799 e. The summed E-state index contributed by atoms with van der Waals surface area (Å²) in [6, 6.07) is 0. The maximum atomic E-state index is 12.1. The Hall–Kier alpha value is 1.10. The molecule has 0 radical (unpaired) electrons. The van der Waals surface area contributed by atoms with Gasteiger partial charge < -0.3 is 28.4 Å². The topological polar surface area (TPSA) is 120 Å². The van der Waals surface area contributed by atoms with Crippen molar-refractivity contribution in [3.8, 4) is 0 Å². The summed E-state index contributed by atoms with van der Waals surface area (Å²) in [6.07, 6.45) is 24.8. The van der Waals surface area contributed by atoms with Crippen LogP contribution in [-0.4, -0.2) is 51.3 Å². The van der Waals surface area contributed by atoms with Crippen LogP contribution in [0, 0.1) is 0 Å². The molecule has 10 heteroatoms. The van der Waals surface area contributed by atoms with Crippen LogP contribution in [0.15, 0.2) is 0 Å². The van der Waals surface area contributed by atoms with E-state index in [1.165, 1.54) is 0 Å². The van der Waals surface area contributed by atoms with E-state index < -0.39 is 22.1 Å². The van der Waals surface area contributed by atoms with Crippen LogP contribution < -0.4 is 14.7 Å². The summed E-state index contributed by atoms with van der Waals surface area (Å²) < 4.78 is 36.2. The van der Waals surface area contributed by atoms with Gasteiger partial charge in [0.15, 0.2) is 0 Å². The Morgan fingerprint density at radius 2 is 0.400 bits per heavy atom. The summed E-state index contributed by atoms with van der Waals surface area (Å²) >= 11 is 0. The van der Waals surface area contributed by atoms with Gasteiger partial charge in [0.2, 0.25) is 0 Å². The molecule has 40 heavy (non-hydrogen) atoms. The molecule has 0 heterocycles. The first kappa shape index (κ1) is 35.6. The van der Waals surface area contributed by atoms with Crippen LogP contribution in [-0.2, 0) is 13.7 Å². The fourth-order valence-corrected chi connectivity index (χ4v) is 16.8. The smallest absolute Gasteiger partial charge is 0.799 e. The minimum atomic E-state index is -3.04. The normalized spacial score (nSPS) is 26.5. The van der Waals surface area contributed by atoms with E-state index >= 15 is 0 Å². The molecular formula is C30H54AlO6P3. The molecular weight excluding hydrogens is 576 g/mol. The summed E-state index contributed by atoms with van der Waals surface area (Å²) in [5, 5.41) is 0. The molecule has 0 spiro atoms. The maximum Gasteiger partial charge on any atom is 3.00 e. The molecule has 6 aliphatic rings. The SMILES string of the molecule is O=P([O-])(C1CCCC1)C1CCCC1.O=P([O-])(C1CCCC1)C1CCCC1.O=P([O-])(C1CCCC1)C1CCCC1.[Al+3]. The molecule has 6 nitrogen and oxygen atoms in total. The Kier molecular flexibility index (Phi) is 14.6. The van der Waals surface area contributed by atoms with Crippen LogP contribution in [0.2, 0.25) is 0 Å². The second kappa shape index (κ2) is 16.4. The first-order chi connectivity index (χ1) is 18.6. The van der Waals surface area contributed by atoms with Gasteiger partial charge in [0.1, 0.15) is 0 Å². The third kappa shape index (κ3) is 9.07. The standard InChI is InChI=1S/3C10H19O2P.Al/c3*11-13(12,9-5-1-2-6-9)10-7-3-4-8-10;/h3*9-10H,1-8H2,(H,11,12);/q;;;+3/p-3. The molecule has 0 aromatic rings. The van der Waals surface area contributed by atoms with E-state index in [-0.39, 0.29) is 51.3 Å². The molecule has 6 fully saturated rings. The van der Waals surface area contributed by atoms with Crippen molar-refractivity contribution in [3.05, 3.63) is 0 Å². The van der Waals surface area contributed by atoms with Crippen LogP contribution in [0.4, 0.5) is 0 Å². The van der Waals surface area contributed by atoms with E-state index in [2.05, 4.69) is 0 Å². The van der Waals surface area contributed by atoms with Crippen molar-refractivity contribution in [2.24, 2.45) is 0 Å². The second-order valence-electron chi connectivity index (χ2n) is 13.6. The summed E-state index contributed by atoms with van der Waals surface area (Å²) in [5.74, 6) is 0. The van der Waals surface area contributed by atoms with E-state index in [1.54, 1.807) is 0 Å². The number of rotatable bonds is 6. The summed E-state index contributed by atoms with van der Waals surface area (Å²) in [4.78, 5) is 36.2. The van der Waals surface area contributed by atoms with Crippen molar-refractivity contribution >= 4 is 39.5 Å². The number of hydrogen-bond donors (Lipinski definition) is 0. The first-order valence-electron chi connectivity index (χ1n) is 16.5. The van der Waals surface area contributed by atoms with Crippen LogP contribution in [0.25, 0.3) is 0 Å². The zero-order valence-corrected chi connectivity index (χ0v) is 28.6. The molecule has 6 aliphatic carbocycles. The van der Waals surface area contributed by atoms with Gasteiger partial charge >= 0.3 is 17.4 Å². The van der Waals surface area contributed by atoms with Gasteiger partial charge in [-0.15, -0.1) is 0 Å². The maximum absolute atomic E-state index is 12.1. The quantitative estimate of drug-likeness (QED) is 0.227. The second-order valence-corrected chi connectivity index (χ2v) is 21.8. The zero-order valence-electron chi connectivity index (χ0n) is 24.8. The monoisotopic (exact) mass is 630 g/mol. The van der Waals surface area contributed by atoms with Crippen molar-refractivity contribution in [2.75, 3.05) is 0 Å². The van der Waals surface area contributed by atoms with Crippen LogP contribution >= 0.6 is 22.1 Å². The molecule has 6 saturated carbocycles. The molecule has 0 N–H and O–H groups in total. The van der Waals surface area contributed by atoms with E-state index in [0.717, 1.165) is 154 Å². The van der Waals surface area contributed by atoms with E-state index in [9.17, 15) is 28.4 Å². The van der Waals surface area contributed by atoms with E-state index in [4.69, 9.17) is 0 Å². The molecule has 6 rings (SSSR count). The van der Waals surface area contributed by atoms with Gasteiger partial charge in [-0.2, -0.15) is 0 Å². The Balaban J connectivity index is 0.000000163. The molecule has 0 aromatic heterocycles. The molecule has 228 valence electrons. The van der Waals surface area contributed by atoms with Gasteiger partial charge in [-0.3, -0.25) is 0 Å². The van der Waals surface area contributed by atoms with E-state index in [0.29, 0.717) is 0 Å².